The molecule has 2 amide bonds. The maximum atomic E-state index is 13.0. The van der Waals surface area contributed by atoms with Crippen LogP contribution in [0.25, 0.3) is 0 Å². The molecule has 0 aliphatic carbocycles. The van der Waals surface area contributed by atoms with Crippen LogP contribution in [0.15, 0.2) is 48.5 Å². The molecule has 2 aromatic carbocycles. The molecule has 6 heteroatoms. The van der Waals surface area contributed by atoms with Crippen LogP contribution >= 0.6 is 0 Å². The monoisotopic (exact) mass is 435 g/mol. The van der Waals surface area contributed by atoms with Crippen LogP contribution in [0.1, 0.15) is 34.7 Å². The first-order chi connectivity index (χ1) is 15.5. The van der Waals surface area contributed by atoms with E-state index in [1.165, 1.54) is 16.7 Å². The molecule has 2 aliphatic heterocycles. The second-order valence-corrected chi connectivity index (χ2v) is 8.98. The van der Waals surface area contributed by atoms with Crippen LogP contribution in [0.5, 0.6) is 0 Å². The number of hydrogen-bond donors (Lipinski definition) is 1. The van der Waals surface area contributed by atoms with Gasteiger partial charge in [0.25, 0.3) is 0 Å². The lowest BCUT2D eigenvalue weighted by Crippen LogP contribution is -2.45. The fourth-order valence-electron chi connectivity index (χ4n) is 4.49. The van der Waals surface area contributed by atoms with E-state index in [4.69, 9.17) is 4.74 Å². The SMILES string of the molecule is Cc1ccc(CN2CC(C(=O)NCC(c3ccc(C)cc3)N3CCOCC3)CC2=O)cc1. The normalized spacial score (nSPS) is 20.4. The van der Waals surface area contributed by atoms with Crippen LogP contribution in [-0.4, -0.2) is 61.0 Å². The molecular weight excluding hydrogens is 402 g/mol. The molecule has 6 nitrogen and oxygen atoms in total. The quantitative estimate of drug-likeness (QED) is 0.727. The van der Waals surface area contributed by atoms with Gasteiger partial charge in [0.2, 0.25) is 11.8 Å². The number of rotatable bonds is 7. The number of morpholine rings is 1. The van der Waals surface area contributed by atoms with Crippen molar-refractivity contribution < 1.29 is 14.3 Å². The van der Waals surface area contributed by atoms with Gasteiger partial charge in [-0.05, 0) is 25.0 Å². The summed E-state index contributed by atoms with van der Waals surface area (Å²) in [4.78, 5) is 29.7. The fourth-order valence-corrected chi connectivity index (χ4v) is 4.49. The summed E-state index contributed by atoms with van der Waals surface area (Å²) in [6.45, 7) is 8.81. The summed E-state index contributed by atoms with van der Waals surface area (Å²) in [5.41, 5.74) is 4.71. The van der Waals surface area contributed by atoms with E-state index in [1.807, 2.05) is 19.1 Å². The Morgan fingerprint density at radius 3 is 2.31 bits per heavy atom. The fraction of sp³-hybridized carbons (Fsp3) is 0.462. The summed E-state index contributed by atoms with van der Waals surface area (Å²) in [6, 6.07) is 16.8. The van der Waals surface area contributed by atoms with Gasteiger partial charge in [-0.1, -0.05) is 59.7 Å². The summed E-state index contributed by atoms with van der Waals surface area (Å²) >= 11 is 0. The van der Waals surface area contributed by atoms with E-state index in [0.717, 1.165) is 18.7 Å². The Labute approximate surface area is 190 Å². The summed E-state index contributed by atoms with van der Waals surface area (Å²) in [5, 5.41) is 3.15. The van der Waals surface area contributed by atoms with E-state index >= 15 is 0 Å². The predicted octanol–water partition coefficient (Wildman–Crippen LogP) is 2.84. The number of aryl methyl sites for hydroxylation is 2. The zero-order valence-corrected chi connectivity index (χ0v) is 19.0. The first kappa shape index (κ1) is 22.5. The van der Waals surface area contributed by atoms with Crippen molar-refractivity contribution in [2.75, 3.05) is 39.4 Å². The maximum absolute atomic E-state index is 13.0. The minimum absolute atomic E-state index is 0.0323. The van der Waals surface area contributed by atoms with Gasteiger partial charge in [-0.15, -0.1) is 0 Å². The van der Waals surface area contributed by atoms with Gasteiger partial charge in [0.15, 0.2) is 0 Å². The largest absolute Gasteiger partial charge is 0.379 e. The highest BCUT2D eigenvalue weighted by molar-refractivity contribution is 5.89. The first-order valence-electron chi connectivity index (χ1n) is 11.5. The lowest BCUT2D eigenvalue weighted by atomic mass is 10.0. The molecule has 0 aromatic heterocycles. The third kappa shape index (κ3) is 5.56. The van der Waals surface area contributed by atoms with Gasteiger partial charge in [-0.3, -0.25) is 14.5 Å². The molecule has 32 heavy (non-hydrogen) atoms. The molecule has 2 fully saturated rings. The molecule has 0 saturated carbocycles. The Morgan fingerprint density at radius 2 is 1.66 bits per heavy atom. The van der Waals surface area contributed by atoms with Crippen molar-refractivity contribution in [3.63, 3.8) is 0 Å². The Bertz CT molecular complexity index is 920. The summed E-state index contributed by atoms with van der Waals surface area (Å²) in [5.74, 6) is -0.277. The van der Waals surface area contributed by atoms with E-state index < -0.39 is 0 Å². The van der Waals surface area contributed by atoms with Gasteiger partial charge in [0.1, 0.15) is 0 Å². The molecule has 1 N–H and O–H groups in total. The highest BCUT2D eigenvalue weighted by Gasteiger charge is 2.34. The number of nitrogens with one attached hydrogen (secondary N) is 1. The summed E-state index contributed by atoms with van der Waals surface area (Å²) in [6.07, 6.45) is 0.282. The average molecular weight is 436 g/mol. The van der Waals surface area contributed by atoms with Crippen LogP contribution in [0, 0.1) is 19.8 Å². The first-order valence-corrected chi connectivity index (χ1v) is 11.5. The molecule has 2 unspecified atom stereocenters. The zero-order valence-electron chi connectivity index (χ0n) is 19.0. The van der Waals surface area contributed by atoms with Crippen molar-refractivity contribution in [3.05, 3.63) is 70.8 Å². The van der Waals surface area contributed by atoms with Gasteiger partial charge in [-0.25, -0.2) is 0 Å². The van der Waals surface area contributed by atoms with Gasteiger partial charge < -0.3 is 15.0 Å². The number of ether oxygens (including phenoxy) is 1. The van der Waals surface area contributed by atoms with E-state index in [1.54, 1.807) is 4.90 Å². The van der Waals surface area contributed by atoms with Crippen LogP contribution in [-0.2, 0) is 20.9 Å². The summed E-state index contributed by atoms with van der Waals surface area (Å²) < 4.78 is 5.52. The molecule has 2 saturated heterocycles. The van der Waals surface area contributed by atoms with Crippen LogP contribution < -0.4 is 5.32 Å². The van der Waals surface area contributed by atoms with Gasteiger partial charge in [-0.2, -0.15) is 0 Å². The van der Waals surface area contributed by atoms with E-state index in [2.05, 4.69) is 53.5 Å². The third-order valence-corrected chi connectivity index (χ3v) is 6.50. The number of benzene rings is 2. The van der Waals surface area contributed by atoms with Crippen molar-refractivity contribution in [1.29, 1.82) is 0 Å². The predicted molar refractivity (Wildman–Crippen MR) is 124 cm³/mol. The van der Waals surface area contributed by atoms with Crippen molar-refractivity contribution in [3.8, 4) is 0 Å². The van der Waals surface area contributed by atoms with Crippen molar-refractivity contribution >= 4 is 11.8 Å². The number of hydrogen-bond acceptors (Lipinski definition) is 4. The number of carbonyl (C=O) groups excluding carboxylic acids is 2. The lowest BCUT2D eigenvalue weighted by Gasteiger charge is -2.35. The number of amides is 2. The smallest absolute Gasteiger partial charge is 0.225 e. The van der Waals surface area contributed by atoms with Gasteiger partial charge in [0, 0.05) is 39.1 Å². The van der Waals surface area contributed by atoms with E-state index in [0.29, 0.717) is 32.8 Å². The molecule has 4 rings (SSSR count). The average Bonchev–Trinajstić information content (AvgIpc) is 3.17. The Kier molecular flexibility index (Phi) is 7.22. The van der Waals surface area contributed by atoms with E-state index in [-0.39, 0.29) is 30.2 Å². The Balaban J connectivity index is 1.36. The minimum Gasteiger partial charge on any atom is -0.379 e. The molecule has 2 aromatic rings. The van der Waals surface area contributed by atoms with E-state index in [9.17, 15) is 9.59 Å². The molecule has 2 aliphatic rings. The molecule has 0 spiro atoms. The summed E-state index contributed by atoms with van der Waals surface area (Å²) in [7, 11) is 0. The number of carbonyl (C=O) groups is 2. The molecular formula is C26H33N3O3. The standard InChI is InChI=1S/C26H33N3O3/c1-19-3-7-21(8-4-19)17-29-18-23(15-25(29)30)26(31)27-16-24(28-11-13-32-14-12-28)22-9-5-20(2)6-10-22/h3-10,23-24H,11-18H2,1-2H3,(H,27,31). The van der Waals surface area contributed by atoms with Crippen LogP contribution in [0.4, 0.5) is 0 Å². The van der Waals surface area contributed by atoms with Gasteiger partial charge in [0.05, 0.1) is 25.2 Å². The minimum atomic E-state index is -0.295. The number of likely N-dealkylation sites (tertiary alicyclic amines) is 1. The van der Waals surface area contributed by atoms with Crippen molar-refractivity contribution in [2.45, 2.75) is 32.9 Å². The van der Waals surface area contributed by atoms with Crippen molar-refractivity contribution in [2.24, 2.45) is 5.92 Å². The second-order valence-electron chi connectivity index (χ2n) is 8.98. The highest BCUT2D eigenvalue weighted by atomic mass is 16.5. The molecule has 0 bridgehead atoms. The zero-order chi connectivity index (χ0) is 22.5. The highest BCUT2D eigenvalue weighted by Crippen LogP contribution is 2.24. The topological polar surface area (TPSA) is 61.9 Å². The van der Waals surface area contributed by atoms with Gasteiger partial charge >= 0.3 is 0 Å². The van der Waals surface area contributed by atoms with Crippen LogP contribution in [0.2, 0.25) is 0 Å². The Morgan fingerprint density at radius 1 is 1.03 bits per heavy atom. The molecule has 2 heterocycles. The molecule has 170 valence electrons. The lowest BCUT2D eigenvalue weighted by molar-refractivity contribution is -0.129. The number of nitrogens with zero attached hydrogens (tertiary/aromatic N) is 2. The molecule has 2 atom stereocenters. The Hall–Kier alpha value is -2.70. The van der Waals surface area contributed by atoms with Crippen molar-refractivity contribution in [1.82, 2.24) is 15.1 Å². The third-order valence-electron chi connectivity index (χ3n) is 6.50. The maximum Gasteiger partial charge on any atom is 0.225 e. The second kappa shape index (κ2) is 10.3. The van der Waals surface area contributed by atoms with Crippen LogP contribution in [0.3, 0.4) is 0 Å². The molecule has 0 radical (unpaired) electrons.